The summed E-state index contributed by atoms with van der Waals surface area (Å²) in [6.45, 7) is 4.52. The smallest absolute Gasteiger partial charge is 0.406 e. The summed E-state index contributed by atoms with van der Waals surface area (Å²) in [6, 6.07) is 3.19. The minimum atomic E-state index is -4.84. The van der Waals surface area contributed by atoms with Crippen molar-refractivity contribution in [2.24, 2.45) is 0 Å². The Balaban J connectivity index is 3.11. The van der Waals surface area contributed by atoms with Crippen LogP contribution in [0.3, 0.4) is 0 Å². The van der Waals surface area contributed by atoms with Gasteiger partial charge in [0, 0.05) is 5.02 Å². The van der Waals surface area contributed by atoms with Crippen LogP contribution in [0.4, 0.5) is 13.2 Å². The van der Waals surface area contributed by atoms with Gasteiger partial charge < -0.3 is 4.74 Å². The third kappa shape index (κ3) is 4.56. The van der Waals surface area contributed by atoms with Gasteiger partial charge in [-0.3, -0.25) is 0 Å². The molecule has 0 fully saturated rings. The fourth-order valence-corrected chi connectivity index (χ4v) is 2.62. The molecule has 0 aromatic heterocycles. The van der Waals surface area contributed by atoms with Crippen LogP contribution >= 0.6 is 11.6 Å². The molecule has 0 aliphatic rings. The van der Waals surface area contributed by atoms with Crippen LogP contribution in [0.15, 0.2) is 18.2 Å². The molecule has 8 heteroatoms. The molecule has 20 heavy (non-hydrogen) atoms. The van der Waals surface area contributed by atoms with Crippen molar-refractivity contribution in [3.05, 3.63) is 28.8 Å². The van der Waals surface area contributed by atoms with E-state index in [-0.39, 0.29) is 10.6 Å². The molecule has 0 radical (unpaired) electrons. The monoisotopic (exact) mass is 330 g/mol. The van der Waals surface area contributed by atoms with E-state index in [1.807, 2.05) is 0 Å². The van der Waals surface area contributed by atoms with E-state index in [1.54, 1.807) is 0 Å². The number of alkyl halides is 3. The standard InChI is InChI=1S/C12H14ClF3O3S/c1-11(2,3)20(17,18)7-8-6-9(4-5-10(8)13)19-12(14,15)16/h4-6H,7H2,1-3H3. The van der Waals surface area contributed by atoms with Gasteiger partial charge in [0.2, 0.25) is 0 Å². The molecule has 0 bridgehead atoms. The molecule has 0 N–H and O–H groups in total. The van der Waals surface area contributed by atoms with Crippen molar-refractivity contribution >= 4 is 21.4 Å². The average molecular weight is 331 g/mol. The van der Waals surface area contributed by atoms with E-state index >= 15 is 0 Å². The van der Waals surface area contributed by atoms with Crippen molar-refractivity contribution in [2.45, 2.75) is 37.6 Å². The van der Waals surface area contributed by atoms with Crippen molar-refractivity contribution in [3.8, 4) is 5.75 Å². The van der Waals surface area contributed by atoms with Gasteiger partial charge in [-0.25, -0.2) is 8.42 Å². The van der Waals surface area contributed by atoms with Gasteiger partial charge in [-0.1, -0.05) is 11.6 Å². The Morgan fingerprint density at radius 3 is 2.20 bits per heavy atom. The summed E-state index contributed by atoms with van der Waals surface area (Å²) in [4.78, 5) is 0. The second-order valence-corrected chi connectivity index (χ2v) is 8.32. The number of hydrogen-bond acceptors (Lipinski definition) is 3. The topological polar surface area (TPSA) is 43.4 Å². The molecule has 0 heterocycles. The first-order chi connectivity index (χ1) is 8.82. The zero-order valence-electron chi connectivity index (χ0n) is 11.1. The molecule has 0 spiro atoms. The molecule has 3 nitrogen and oxygen atoms in total. The molecule has 0 saturated heterocycles. The van der Waals surface area contributed by atoms with Crippen molar-refractivity contribution < 1.29 is 26.3 Å². The SMILES string of the molecule is CC(C)(C)S(=O)(=O)Cc1cc(OC(F)(F)F)ccc1Cl. The Labute approximate surface area is 120 Å². The predicted octanol–water partition coefficient (Wildman–Crippen LogP) is 3.95. The highest BCUT2D eigenvalue weighted by atomic mass is 35.5. The molecule has 1 rings (SSSR count). The quantitative estimate of drug-likeness (QED) is 0.842. The summed E-state index contributed by atoms with van der Waals surface area (Å²) in [5, 5.41) is 0.0762. The molecule has 0 aliphatic carbocycles. The van der Waals surface area contributed by atoms with Gasteiger partial charge in [-0.15, -0.1) is 13.2 Å². The molecule has 114 valence electrons. The lowest BCUT2D eigenvalue weighted by Crippen LogP contribution is -2.29. The Kier molecular flexibility index (Phi) is 4.65. The van der Waals surface area contributed by atoms with Gasteiger partial charge in [0.15, 0.2) is 9.84 Å². The van der Waals surface area contributed by atoms with E-state index in [4.69, 9.17) is 11.6 Å². The first-order valence-corrected chi connectivity index (χ1v) is 7.61. The van der Waals surface area contributed by atoms with E-state index in [0.717, 1.165) is 12.1 Å². The number of ether oxygens (including phenoxy) is 1. The van der Waals surface area contributed by atoms with Crippen molar-refractivity contribution in [1.29, 1.82) is 0 Å². The maximum absolute atomic E-state index is 12.1. The van der Waals surface area contributed by atoms with Crippen molar-refractivity contribution in [3.63, 3.8) is 0 Å². The first-order valence-electron chi connectivity index (χ1n) is 5.58. The number of benzene rings is 1. The molecular formula is C12H14ClF3O3S. The van der Waals surface area contributed by atoms with Crippen molar-refractivity contribution in [1.82, 2.24) is 0 Å². The fraction of sp³-hybridized carbons (Fsp3) is 0.500. The zero-order valence-corrected chi connectivity index (χ0v) is 12.7. The van der Waals surface area contributed by atoms with E-state index < -0.39 is 32.4 Å². The summed E-state index contributed by atoms with van der Waals surface area (Å²) < 4.78 is 63.2. The number of hydrogen-bond donors (Lipinski definition) is 0. The molecule has 0 atom stereocenters. The normalized spacial score (nSPS) is 13.3. The Morgan fingerprint density at radius 1 is 1.20 bits per heavy atom. The highest BCUT2D eigenvalue weighted by molar-refractivity contribution is 7.91. The third-order valence-corrected chi connectivity index (χ3v) is 5.46. The number of sulfone groups is 1. The van der Waals surface area contributed by atoms with Crippen LogP contribution in [-0.4, -0.2) is 19.5 Å². The molecule has 0 aliphatic heterocycles. The summed E-state index contributed by atoms with van der Waals surface area (Å²) >= 11 is 5.82. The van der Waals surface area contributed by atoms with Gasteiger partial charge >= 0.3 is 6.36 Å². The van der Waals surface area contributed by atoms with Crippen LogP contribution in [0.1, 0.15) is 26.3 Å². The second kappa shape index (κ2) is 5.44. The van der Waals surface area contributed by atoms with Crippen LogP contribution in [-0.2, 0) is 15.6 Å². The Morgan fingerprint density at radius 2 is 1.75 bits per heavy atom. The lowest BCUT2D eigenvalue weighted by atomic mass is 10.2. The van der Waals surface area contributed by atoms with Crippen LogP contribution in [0.25, 0.3) is 0 Å². The molecule has 1 aromatic rings. The zero-order chi connectivity index (χ0) is 15.8. The van der Waals surface area contributed by atoms with Crippen LogP contribution < -0.4 is 4.74 Å². The second-order valence-electron chi connectivity index (χ2n) is 5.17. The van der Waals surface area contributed by atoms with Crippen LogP contribution in [0.5, 0.6) is 5.75 Å². The first kappa shape index (κ1) is 17.1. The minimum Gasteiger partial charge on any atom is -0.406 e. The summed E-state index contributed by atoms with van der Waals surface area (Å²) in [5.74, 6) is -0.953. The van der Waals surface area contributed by atoms with Gasteiger partial charge in [0.05, 0.1) is 10.5 Å². The lowest BCUT2D eigenvalue weighted by molar-refractivity contribution is -0.274. The predicted molar refractivity (Wildman–Crippen MR) is 70.5 cm³/mol. The van der Waals surface area contributed by atoms with Gasteiger partial charge in [0.25, 0.3) is 0 Å². The maximum atomic E-state index is 12.1. The van der Waals surface area contributed by atoms with Crippen LogP contribution in [0, 0.1) is 0 Å². The van der Waals surface area contributed by atoms with E-state index in [1.165, 1.54) is 26.8 Å². The van der Waals surface area contributed by atoms with E-state index in [0.29, 0.717) is 0 Å². The number of rotatable bonds is 3. The maximum Gasteiger partial charge on any atom is 0.573 e. The number of halogens is 4. The lowest BCUT2D eigenvalue weighted by Gasteiger charge is -2.20. The van der Waals surface area contributed by atoms with Crippen LogP contribution in [0.2, 0.25) is 5.02 Å². The molecule has 1 aromatic carbocycles. The van der Waals surface area contributed by atoms with Gasteiger partial charge in [0.1, 0.15) is 5.75 Å². The largest absolute Gasteiger partial charge is 0.573 e. The van der Waals surface area contributed by atoms with E-state index in [9.17, 15) is 21.6 Å². The average Bonchev–Trinajstić information content (AvgIpc) is 2.18. The Hall–Kier alpha value is -0.950. The van der Waals surface area contributed by atoms with E-state index in [2.05, 4.69) is 4.74 Å². The van der Waals surface area contributed by atoms with Gasteiger partial charge in [-0.2, -0.15) is 0 Å². The molecule has 0 unspecified atom stereocenters. The Bertz CT molecular complexity index is 589. The third-order valence-electron chi connectivity index (χ3n) is 2.53. The molecule has 0 saturated carbocycles. The summed E-state index contributed by atoms with van der Waals surface area (Å²) in [6.07, 6.45) is -4.84. The highest BCUT2D eigenvalue weighted by Gasteiger charge is 2.32. The summed E-state index contributed by atoms with van der Waals surface area (Å²) in [5.41, 5.74) is 0.0725. The minimum absolute atomic E-state index is 0.0725. The molecule has 0 amide bonds. The molecular weight excluding hydrogens is 317 g/mol. The fourth-order valence-electron chi connectivity index (χ4n) is 1.28. The van der Waals surface area contributed by atoms with Gasteiger partial charge in [-0.05, 0) is 44.5 Å². The summed E-state index contributed by atoms with van der Waals surface area (Å²) in [7, 11) is -3.55. The highest BCUT2D eigenvalue weighted by Crippen LogP contribution is 2.30. The van der Waals surface area contributed by atoms with Crippen molar-refractivity contribution in [2.75, 3.05) is 0 Å².